The maximum absolute atomic E-state index is 15.3. The van der Waals surface area contributed by atoms with Gasteiger partial charge in [-0.25, -0.2) is 22.1 Å². The van der Waals surface area contributed by atoms with E-state index in [1.165, 1.54) is 35.0 Å². The summed E-state index contributed by atoms with van der Waals surface area (Å²) in [6.45, 7) is -1.39. The molecule has 0 saturated carbocycles. The van der Waals surface area contributed by atoms with Gasteiger partial charge < -0.3 is 16.2 Å². The number of carbonyl (C=O) groups is 1. The lowest BCUT2D eigenvalue weighted by molar-refractivity contribution is -0.106. The number of alkyl halides is 2. The average molecular weight is 528 g/mol. The number of anilines is 1. The fraction of sp³-hybridized carbons (Fsp3) is 0.136. The number of fused-ring (bicyclic) bond motifs is 1. The number of nitrogens with zero attached hydrogens (tertiary/aromatic N) is 3. The zero-order valence-electron chi connectivity index (χ0n) is 17.4. The smallest absolute Gasteiger partial charge is 0.294 e. The zero-order valence-corrected chi connectivity index (χ0v) is 19.0. The molecule has 182 valence electrons. The topological polar surface area (TPSA) is 106 Å². The molecule has 4 rings (SSSR count). The second kappa shape index (κ2) is 9.33. The summed E-state index contributed by atoms with van der Waals surface area (Å²) in [5, 5.41) is 15.2. The van der Waals surface area contributed by atoms with E-state index in [1.807, 2.05) is 5.32 Å². The summed E-state index contributed by atoms with van der Waals surface area (Å²) in [5.41, 5.74) is 4.98. The van der Waals surface area contributed by atoms with Crippen molar-refractivity contribution >= 4 is 40.7 Å². The molecule has 0 aliphatic carbocycles. The fourth-order valence-electron chi connectivity index (χ4n) is 3.36. The lowest BCUT2D eigenvalue weighted by Crippen LogP contribution is -2.41. The molecule has 0 aliphatic heterocycles. The number of aliphatic hydroxyl groups is 1. The molecule has 0 saturated heterocycles. The standard InChI is InChI=1S/C22H15Cl2F4N5O2/c23-13-3-1-11(7-15(13)25)19(34)22(27,28)9-30-20(35)17-14(24)4-2-12(18(17)26)10-5-6-33-16(8-10)31-21(29)32-33/h1-8,19,34H,9H2,(H2,29,32)(H,30,35). The minimum atomic E-state index is -3.94. The van der Waals surface area contributed by atoms with Crippen LogP contribution in [-0.4, -0.2) is 38.1 Å². The van der Waals surface area contributed by atoms with E-state index in [4.69, 9.17) is 28.9 Å². The van der Waals surface area contributed by atoms with Gasteiger partial charge in [0.2, 0.25) is 5.95 Å². The average Bonchev–Trinajstić information content (AvgIpc) is 3.18. The van der Waals surface area contributed by atoms with Gasteiger partial charge in [-0.3, -0.25) is 4.79 Å². The van der Waals surface area contributed by atoms with Gasteiger partial charge in [0.15, 0.2) is 5.65 Å². The molecule has 2 aromatic heterocycles. The summed E-state index contributed by atoms with van der Waals surface area (Å²) >= 11 is 11.5. The number of hydrogen-bond acceptors (Lipinski definition) is 5. The SMILES string of the molecule is Nc1nc2cc(-c3ccc(Cl)c(C(=O)NCC(F)(F)C(O)c4ccc(Cl)c(F)c4)c3F)ccn2n1. The Morgan fingerprint density at radius 1 is 1.14 bits per heavy atom. The third-order valence-corrected chi connectivity index (χ3v) is 5.75. The first kappa shape index (κ1) is 24.7. The number of halogens is 6. The summed E-state index contributed by atoms with van der Waals surface area (Å²) in [6, 6.07) is 8.19. The third kappa shape index (κ3) is 4.88. The number of hydrogen-bond donors (Lipinski definition) is 3. The van der Waals surface area contributed by atoms with Gasteiger partial charge in [-0.15, -0.1) is 5.10 Å². The van der Waals surface area contributed by atoms with Gasteiger partial charge in [-0.1, -0.05) is 29.3 Å². The van der Waals surface area contributed by atoms with Crippen LogP contribution in [0.25, 0.3) is 16.8 Å². The van der Waals surface area contributed by atoms with Gasteiger partial charge in [0.25, 0.3) is 11.8 Å². The molecule has 0 bridgehead atoms. The van der Waals surface area contributed by atoms with Crippen LogP contribution in [0.5, 0.6) is 0 Å². The van der Waals surface area contributed by atoms with Crippen molar-refractivity contribution in [2.45, 2.75) is 12.0 Å². The van der Waals surface area contributed by atoms with E-state index in [9.17, 15) is 23.1 Å². The normalized spacial score (nSPS) is 12.7. The maximum atomic E-state index is 15.3. The lowest BCUT2D eigenvalue weighted by Gasteiger charge is -2.23. The van der Waals surface area contributed by atoms with Gasteiger partial charge in [-0.05, 0) is 47.5 Å². The molecule has 2 aromatic carbocycles. The number of aliphatic hydroxyl groups excluding tert-OH is 1. The predicted molar refractivity (Wildman–Crippen MR) is 121 cm³/mol. The van der Waals surface area contributed by atoms with Crippen molar-refractivity contribution in [2.24, 2.45) is 0 Å². The van der Waals surface area contributed by atoms with Crippen molar-refractivity contribution in [3.05, 3.63) is 81.5 Å². The summed E-state index contributed by atoms with van der Waals surface area (Å²) in [5.74, 6) is -7.23. The molecule has 0 spiro atoms. The highest BCUT2D eigenvalue weighted by atomic mass is 35.5. The van der Waals surface area contributed by atoms with Crippen molar-refractivity contribution in [2.75, 3.05) is 12.3 Å². The van der Waals surface area contributed by atoms with Crippen molar-refractivity contribution in [3.8, 4) is 11.1 Å². The molecule has 1 unspecified atom stereocenters. The van der Waals surface area contributed by atoms with Crippen molar-refractivity contribution in [1.82, 2.24) is 19.9 Å². The van der Waals surface area contributed by atoms with Gasteiger partial charge in [0.05, 0.1) is 22.2 Å². The van der Waals surface area contributed by atoms with Gasteiger partial charge in [0.1, 0.15) is 17.7 Å². The van der Waals surface area contributed by atoms with Crippen molar-refractivity contribution in [3.63, 3.8) is 0 Å². The highest BCUT2D eigenvalue weighted by Gasteiger charge is 2.40. The maximum Gasteiger partial charge on any atom is 0.294 e. The van der Waals surface area contributed by atoms with E-state index >= 15 is 4.39 Å². The van der Waals surface area contributed by atoms with Crippen LogP contribution >= 0.6 is 23.2 Å². The predicted octanol–water partition coefficient (Wildman–Crippen LogP) is 4.66. The number of pyridine rings is 1. The summed E-state index contributed by atoms with van der Waals surface area (Å²) in [4.78, 5) is 16.6. The summed E-state index contributed by atoms with van der Waals surface area (Å²) < 4.78 is 59.3. The Bertz CT molecular complexity index is 1450. The second-order valence-corrected chi connectivity index (χ2v) is 8.31. The quantitative estimate of drug-likeness (QED) is 0.316. The number of carbonyl (C=O) groups excluding carboxylic acids is 1. The molecule has 0 fully saturated rings. The molecule has 4 aromatic rings. The monoisotopic (exact) mass is 527 g/mol. The molecule has 35 heavy (non-hydrogen) atoms. The molecular formula is C22H15Cl2F4N5O2. The summed E-state index contributed by atoms with van der Waals surface area (Å²) in [6.07, 6.45) is -0.993. The van der Waals surface area contributed by atoms with Crippen LogP contribution in [0.1, 0.15) is 22.0 Å². The Hall–Kier alpha value is -3.41. The number of nitrogens with two attached hydrogens (primary N) is 1. The zero-order chi connectivity index (χ0) is 25.5. The Labute approximate surface area is 205 Å². The Balaban J connectivity index is 1.57. The van der Waals surface area contributed by atoms with E-state index in [1.54, 1.807) is 0 Å². The minimum absolute atomic E-state index is 0.00301. The first-order chi connectivity index (χ1) is 16.5. The molecule has 4 N–H and O–H groups in total. The Morgan fingerprint density at radius 2 is 1.86 bits per heavy atom. The van der Waals surface area contributed by atoms with Gasteiger partial charge in [0, 0.05) is 11.8 Å². The van der Waals surface area contributed by atoms with Crippen molar-refractivity contribution in [1.29, 1.82) is 0 Å². The summed E-state index contributed by atoms with van der Waals surface area (Å²) in [7, 11) is 0. The van der Waals surface area contributed by atoms with E-state index in [-0.39, 0.29) is 21.6 Å². The van der Waals surface area contributed by atoms with Crippen LogP contribution in [0.2, 0.25) is 10.0 Å². The first-order valence-corrected chi connectivity index (χ1v) is 10.6. The van der Waals surface area contributed by atoms with Crippen LogP contribution in [0.3, 0.4) is 0 Å². The highest BCUT2D eigenvalue weighted by molar-refractivity contribution is 6.34. The molecule has 0 aliphatic rings. The molecule has 13 heteroatoms. The molecule has 1 atom stereocenters. The van der Waals surface area contributed by atoms with Gasteiger partial charge in [-0.2, -0.15) is 4.98 Å². The van der Waals surface area contributed by atoms with E-state index in [0.29, 0.717) is 17.3 Å². The molecular weight excluding hydrogens is 513 g/mol. The third-order valence-electron chi connectivity index (χ3n) is 5.13. The lowest BCUT2D eigenvalue weighted by atomic mass is 10.0. The first-order valence-electron chi connectivity index (χ1n) is 9.87. The highest BCUT2D eigenvalue weighted by Crippen LogP contribution is 2.33. The number of amides is 1. The van der Waals surface area contributed by atoms with Crippen LogP contribution in [-0.2, 0) is 0 Å². The number of benzene rings is 2. The van der Waals surface area contributed by atoms with Crippen LogP contribution < -0.4 is 11.1 Å². The molecule has 7 nitrogen and oxygen atoms in total. The molecule has 1 amide bonds. The van der Waals surface area contributed by atoms with Gasteiger partial charge >= 0.3 is 0 Å². The number of nitrogens with one attached hydrogen (secondary N) is 1. The van der Waals surface area contributed by atoms with Crippen molar-refractivity contribution < 1.29 is 27.5 Å². The van der Waals surface area contributed by atoms with Crippen LogP contribution in [0.4, 0.5) is 23.5 Å². The number of aromatic nitrogens is 3. The molecule has 2 heterocycles. The number of nitrogen functional groups attached to an aromatic ring is 1. The van der Waals surface area contributed by atoms with Crippen LogP contribution in [0, 0.1) is 11.6 Å². The number of rotatable bonds is 6. The fourth-order valence-corrected chi connectivity index (χ4v) is 3.71. The Morgan fingerprint density at radius 3 is 2.57 bits per heavy atom. The van der Waals surface area contributed by atoms with E-state index in [0.717, 1.165) is 12.1 Å². The molecule has 0 radical (unpaired) electrons. The second-order valence-electron chi connectivity index (χ2n) is 7.49. The van der Waals surface area contributed by atoms with Crippen LogP contribution in [0.15, 0.2) is 48.7 Å². The van der Waals surface area contributed by atoms with E-state index < -0.39 is 47.2 Å². The largest absolute Gasteiger partial charge is 0.382 e. The Kier molecular flexibility index (Phi) is 6.58. The minimum Gasteiger partial charge on any atom is -0.382 e. The van der Waals surface area contributed by atoms with E-state index in [2.05, 4.69) is 10.1 Å².